The molecule has 4 rings (SSSR count). The molecular formula is C22H16Cl2N4OS. The number of halogens is 2. The minimum Gasteiger partial charge on any atom is -0.487 e. The van der Waals surface area contributed by atoms with Gasteiger partial charge in [-0.3, -0.25) is 0 Å². The van der Waals surface area contributed by atoms with Crippen LogP contribution in [0.25, 0.3) is 11.4 Å². The van der Waals surface area contributed by atoms with Gasteiger partial charge in [-0.1, -0.05) is 65.7 Å². The van der Waals surface area contributed by atoms with Crippen LogP contribution in [0.3, 0.4) is 0 Å². The van der Waals surface area contributed by atoms with E-state index < -0.39 is 0 Å². The second-order valence-electron chi connectivity index (χ2n) is 6.38. The van der Waals surface area contributed by atoms with Gasteiger partial charge < -0.3 is 4.74 Å². The minimum absolute atomic E-state index is 0.398. The lowest BCUT2D eigenvalue weighted by Gasteiger charge is -2.09. The van der Waals surface area contributed by atoms with Gasteiger partial charge >= 0.3 is 0 Å². The second kappa shape index (κ2) is 9.26. The highest BCUT2D eigenvalue weighted by Crippen LogP contribution is 2.26. The fourth-order valence-corrected chi connectivity index (χ4v) is 3.30. The van der Waals surface area contributed by atoms with Crippen LogP contribution in [0.1, 0.15) is 11.1 Å². The summed E-state index contributed by atoms with van der Waals surface area (Å²) < 4.78 is 7.78. The molecule has 0 unspecified atom stereocenters. The molecule has 8 heteroatoms. The Balaban J connectivity index is 1.50. The number of ether oxygens (including phenoxy) is 1. The van der Waals surface area contributed by atoms with E-state index in [0.29, 0.717) is 33.0 Å². The van der Waals surface area contributed by atoms with E-state index in [1.807, 2.05) is 66.7 Å². The first-order valence-corrected chi connectivity index (χ1v) is 10.2. The first kappa shape index (κ1) is 20.3. The molecule has 150 valence electrons. The van der Waals surface area contributed by atoms with E-state index in [0.717, 1.165) is 16.7 Å². The molecule has 0 aliphatic heterocycles. The molecule has 0 aliphatic carbocycles. The Bertz CT molecular complexity index is 1230. The van der Waals surface area contributed by atoms with E-state index in [9.17, 15) is 0 Å². The van der Waals surface area contributed by atoms with E-state index >= 15 is 0 Å². The maximum Gasteiger partial charge on any atom is 0.216 e. The Kier molecular flexibility index (Phi) is 6.28. The zero-order valence-corrected chi connectivity index (χ0v) is 18.0. The van der Waals surface area contributed by atoms with Crippen molar-refractivity contribution in [3.05, 3.63) is 98.7 Å². The van der Waals surface area contributed by atoms with E-state index in [2.05, 4.69) is 15.3 Å². The Labute approximate surface area is 188 Å². The van der Waals surface area contributed by atoms with Crippen molar-refractivity contribution in [3.63, 3.8) is 0 Å². The molecule has 1 N–H and O–H groups in total. The van der Waals surface area contributed by atoms with Crippen molar-refractivity contribution in [2.75, 3.05) is 0 Å². The molecule has 0 spiro atoms. The molecule has 0 radical (unpaired) electrons. The van der Waals surface area contributed by atoms with Gasteiger partial charge in [0.1, 0.15) is 12.4 Å². The summed E-state index contributed by atoms with van der Waals surface area (Å²) in [4.78, 5) is 0. The molecule has 0 saturated heterocycles. The van der Waals surface area contributed by atoms with E-state index in [1.165, 1.54) is 0 Å². The molecular weight excluding hydrogens is 439 g/mol. The summed E-state index contributed by atoms with van der Waals surface area (Å²) >= 11 is 17.6. The van der Waals surface area contributed by atoms with E-state index in [1.54, 1.807) is 17.0 Å². The summed E-state index contributed by atoms with van der Waals surface area (Å²) in [7, 11) is 0. The van der Waals surface area contributed by atoms with Gasteiger partial charge in [-0.2, -0.15) is 14.9 Å². The monoisotopic (exact) mass is 454 g/mol. The standard InChI is InChI=1S/C22H16Cl2N4OS/c23-18-9-6-15(7-10-18)14-29-20-11-8-16(12-19(20)24)13-25-28-21(26-27-22(28)30)17-4-2-1-3-5-17/h1-13H,14H2,(H,27,30)/b25-13-. The Morgan fingerprint density at radius 1 is 1.03 bits per heavy atom. The molecule has 30 heavy (non-hydrogen) atoms. The third-order valence-corrected chi connectivity index (χ3v) is 5.08. The number of H-pyrrole nitrogens is 1. The molecule has 0 amide bonds. The first-order chi connectivity index (χ1) is 14.6. The average Bonchev–Trinajstić information content (AvgIpc) is 3.13. The smallest absolute Gasteiger partial charge is 0.216 e. The van der Waals surface area contributed by atoms with Crippen molar-refractivity contribution >= 4 is 41.6 Å². The molecule has 0 saturated carbocycles. The summed E-state index contributed by atoms with van der Waals surface area (Å²) in [6, 6.07) is 22.6. The highest BCUT2D eigenvalue weighted by molar-refractivity contribution is 7.71. The number of nitrogens with one attached hydrogen (secondary N) is 1. The van der Waals surface area contributed by atoms with Crippen molar-refractivity contribution < 1.29 is 4.74 Å². The van der Waals surface area contributed by atoms with Crippen LogP contribution < -0.4 is 4.74 Å². The minimum atomic E-state index is 0.398. The van der Waals surface area contributed by atoms with Crippen molar-refractivity contribution in [1.29, 1.82) is 0 Å². The maximum absolute atomic E-state index is 6.39. The largest absolute Gasteiger partial charge is 0.487 e. The van der Waals surface area contributed by atoms with Gasteiger partial charge in [0.25, 0.3) is 0 Å². The van der Waals surface area contributed by atoms with E-state index in [4.69, 9.17) is 40.2 Å². The van der Waals surface area contributed by atoms with Crippen LogP contribution in [-0.2, 0) is 6.61 Å². The predicted octanol–water partition coefficient (Wildman–Crippen LogP) is 6.38. The third kappa shape index (κ3) is 4.79. The van der Waals surface area contributed by atoms with E-state index in [-0.39, 0.29) is 0 Å². The second-order valence-corrected chi connectivity index (χ2v) is 7.61. The van der Waals surface area contributed by atoms with Gasteiger partial charge in [0.2, 0.25) is 4.77 Å². The quantitative estimate of drug-likeness (QED) is 0.271. The topological polar surface area (TPSA) is 55.2 Å². The molecule has 1 heterocycles. The number of hydrogen-bond donors (Lipinski definition) is 1. The number of aromatic nitrogens is 3. The van der Waals surface area contributed by atoms with Crippen molar-refractivity contribution in [2.24, 2.45) is 5.10 Å². The number of nitrogens with zero attached hydrogens (tertiary/aromatic N) is 3. The van der Waals surface area contributed by atoms with Gasteiger partial charge in [-0.25, -0.2) is 5.10 Å². The van der Waals surface area contributed by atoms with Gasteiger partial charge in [0.15, 0.2) is 5.82 Å². The SMILES string of the molecule is S=c1[nH]nc(-c2ccccc2)n1/N=C\c1ccc(OCc2ccc(Cl)cc2)c(Cl)c1. The molecule has 1 aromatic heterocycles. The summed E-state index contributed by atoms with van der Waals surface area (Å²) in [5, 5.41) is 12.7. The average molecular weight is 455 g/mol. The molecule has 0 fully saturated rings. The zero-order valence-electron chi connectivity index (χ0n) is 15.6. The van der Waals surface area contributed by atoms with Crippen LogP contribution in [0.15, 0.2) is 77.9 Å². The number of hydrogen-bond acceptors (Lipinski definition) is 4. The number of aromatic amines is 1. The van der Waals surface area contributed by atoms with Gasteiger partial charge in [0.05, 0.1) is 11.2 Å². The Hall–Kier alpha value is -2.93. The highest BCUT2D eigenvalue weighted by Gasteiger charge is 2.08. The molecule has 0 aliphatic rings. The fraction of sp³-hybridized carbons (Fsp3) is 0.0455. The van der Waals surface area contributed by atoms with Crippen molar-refractivity contribution in [3.8, 4) is 17.1 Å². The van der Waals surface area contributed by atoms with Crippen LogP contribution in [-0.4, -0.2) is 21.1 Å². The first-order valence-electron chi connectivity index (χ1n) is 9.04. The predicted molar refractivity (Wildman–Crippen MR) is 123 cm³/mol. The van der Waals surface area contributed by atoms with Crippen LogP contribution in [0, 0.1) is 4.77 Å². The number of rotatable bonds is 6. The lowest BCUT2D eigenvalue weighted by molar-refractivity contribution is 0.306. The van der Waals surface area contributed by atoms with Crippen molar-refractivity contribution in [1.82, 2.24) is 14.9 Å². The lowest BCUT2D eigenvalue weighted by atomic mass is 10.2. The van der Waals surface area contributed by atoms with Gasteiger partial charge in [0, 0.05) is 10.6 Å². The molecule has 4 aromatic rings. The molecule has 5 nitrogen and oxygen atoms in total. The van der Waals surface area contributed by atoms with Gasteiger partial charge in [-0.05, 0) is 53.7 Å². The Morgan fingerprint density at radius 3 is 2.53 bits per heavy atom. The fourth-order valence-electron chi connectivity index (χ4n) is 2.75. The third-order valence-electron chi connectivity index (χ3n) is 4.27. The van der Waals surface area contributed by atoms with Crippen LogP contribution in [0.2, 0.25) is 10.0 Å². The summed E-state index contributed by atoms with van der Waals surface area (Å²) in [6.07, 6.45) is 1.67. The molecule has 0 bridgehead atoms. The normalized spacial score (nSPS) is 11.1. The van der Waals surface area contributed by atoms with Crippen LogP contribution in [0.4, 0.5) is 0 Å². The van der Waals surface area contributed by atoms with Crippen molar-refractivity contribution in [2.45, 2.75) is 6.61 Å². The maximum atomic E-state index is 6.39. The Morgan fingerprint density at radius 2 is 1.80 bits per heavy atom. The zero-order chi connectivity index (χ0) is 20.9. The summed E-state index contributed by atoms with van der Waals surface area (Å²) in [5.74, 6) is 1.22. The molecule has 3 aromatic carbocycles. The summed E-state index contributed by atoms with van der Waals surface area (Å²) in [5.41, 5.74) is 2.72. The van der Waals surface area contributed by atoms with Gasteiger partial charge in [-0.15, -0.1) is 0 Å². The van der Waals surface area contributed by atoms with Crippen LogP contribution in [0.5, 0.6) is 5.75 Å². The lowest BCUT2D eigenvalue weighted by Crippen LogP contribution is -1.97. The highest BCUT2D eigenvalue weighted by atomic mass is 35.5. The van der Waals surface area contributed by atoms with Crippen LogP contribution >= 0.6 is 35.4 Å². The summed E-state index contributed by atoms with van der Waals surface area (Å²) in [6.45, 7) is 0.398. The number of benzene rings is 3. The molecule has 0 atom stereocenters.